The number of hydrogen-bond acceptors (Lipinski definition) is 5. The monoisotopic (exact) mass is 169 g/mol. The number of aromatic nitrogens is 5. The van der Waals surface area contributed by atoms with Crippen LogP contribution in [0.5, 0.6) is 0 Å². The van der Waals surface area contributed by atoms with Gasteiger partial charge in [-0.2, -0.15) is 0 Å². The number of hydrogen-bond donors (Lipinski definition) is 1. The van der Waals surface area contributed by atoms with Crippen molar-refractivity contribution in [3.05, 3.63) is 22.1 Å². The van der Waals surface area contributed by atoms with E-state index in [0.717, 1.165) is 4.68 Å². The second-order valence-corrected chi connectivity index (χ2v) is 2.61. The van der Waals surface area contributed by atoms with Gasteiger partial charge in [-0.1, -0.05) is 0 Å². The number of tetrazole rings is 1. The number of aromatic amines is 1. The normalized spacial score (nSPS) is 10.2. The zero-order valence-electron chi connectivity index (χ0n) is 5.26. The topological polar surface area (TPSA) is 76.5 Å². The molecule has 0 aliphatic heterocycles. The molecular formula is C4H3N5OS. The van der Waals surface area contributed by atoms with Crippen LogP contribution in [0.15, 0.2) is 16.4 Å². The molecule has 0 radical (unpaired) electrons. The van der Waals surface area contributed by atoms with Gasteiger partial charge in [-0.15, -0.1) is 16.0 Å². The smallest absolute Gasteiger partial charge is 0.244 e. The number of nitrogens with zero attached hydrogens (tertiary/aromatic N) is 4. The first-order valence-electron chi connectivity index (χ1n) is 2.78. The van der Waals surface area contributed by atoms with E-state index >= 15 is 0 Å². The molecule has 0 aliphatic carbocycles. The molecule has 0 saturated heterocycles. The van der Waals surface area contributed by atoms with Crippen LogP contribution >= 0.6 is 11.3 Å². The van der Waals surface area contributed by atoms with E-state index in [4.69, 9.17) is 0 Å². The molecule has 0 bridgehead atoms. The Labute approximate surface area is 64.5 Å². The maximum atomic E-state index is 10.9. The number of H-pyrrole nitrogens is 1. The molecule has 11 heavy (non-hydrogen) atoms. The third-order valence-electron chi connectivity index (χ3n) is 1.07. The molecule has 1 N–H and O–H groups in total. The third kappa shape index (κ3) is 0.944. The van der Waals surface area contributed by atoms with Crippen LogP contribution in [0.1, 0.15) is 0 Å². The highest BCUT2D eigenvalue weighted by Gasteiger charge is 2.03. The first-order valence-corrected chi connectivity index (χ1v) is 3.66. The van der Waals surface area contributed by atoms with Gasteiger partial charge in [0.15, 0.2) is 0 Å². The first-order chi connectivity index (χ1) is 5.38. The van der Waals surface area contributed by atoms with Crippen molar-refractivity contribution in [2.75, 3.05) is 0 Å². The average molecular weight is 169 g/mol. The van der Waals surface area contributed by atoms with Gasteiger partial charge in [-0.05, 0) is 10.4 Å². The molecule has 6 nitrogen and oxygen atoms in total. The average Bonchev–Trinajstić information content (AvgIpc) is 2.55. The fourth-order valence-electron chi connectivity index (χ4n) is 0.643. The summed E-state index contributed by atoms with van der Waals surface area (Å²) in [4.78, 5) is 14.7. The molecule has 56 valence electrons. The summed E-state index contributed by atoms with van der Waals surface area (Å²) < 4.78 is 1.10. The highest BCUT2D eigenvalue weighted by molar-refractivity contribution is 7.12. The van der Waals surface area contributed by atoms with Crippen molar-refractivity contribution in [2.45, 2.75) is 0 Å². The molecule has 0 fully saturated rings. The molecule has 0 unspecified atom stereocenters. The summed E-state index contributed by atoms with van der Waals surface area (Å²) in [6.07, 6.45) is 1.60. The maximum Gasteiger partial charge on any atom is 0.367 e. The van der Waals surface area contributed by atoms with Crippen LogP contribution < -0.4 is 5.69 Å². The molecule has 0 aromatic carbocycles. The van der Waals surface area contributed by atoms with E-state index < -0.39 is 0 Å². The van der Waals surface area contributed by atoms with Crippen molar-refractivity contribution in [3.8, 4) is 5.13 Å². The summed E-state index contributed by atoms with van der Waals surface area (Å²) in [5, 5.41) is 11.3. The Morgan fingerprint density at radius 1 is 1.64 bits per heavy atom. The van der Waals surface area contributed by atoms with Crippen molar-refractivity contribution in [3.63, 3.8) is 0 Å². The molecule has 2 heterocycles. The van der Waals surface area contributed by atoms with Crippen LogP contribution in [0.2, 0.25) is 0 Å². The van der Waals surface area contributed by atoms with E-state index in [9.17, 15) is 4.79 Å². The van der Waals surface area contributed by atoms with Gasteiger partial charge in [0.1, 0.15) is 0 Å². The van der Waals surface area contributed by atoms with Crippen molar-refractivity contribution in [1.29, 1.82) is 0 Å². The predicted molar refractivity (Wildman–Crippen MR) is 37.7 cm³/mol. The summed E-state index contributed by atoms with van der Waals surface area (Å²) in [5.41, 5.74) is -0.375. The van der Waals surface area contributed by atoms with E-state index in [0.29, 0.717) is 5.13 Å². The van der Waals surface area contributed by atoms with E-state index in [2.05, 4.69) is 20.5 Å². The fourth-order valence-corrected chi connectivity index (χ4v) is 1.23. The molecule has 2 aromatic heterocycles. The molecule has 2 aromatic rings. The van der Waals surface area contributed by atoms with Gasteiger partial charge >= 0.3 is 5.69 Å². The lowest BCUT2D eigenvalue weighted by molar-refractivity contribution is 0.774. The maximum absolute atomic E-state index is 10.9. The second kappa shape index (κ2) is 2.27. The van der Waals surface area contributed by atoms with Crippen molar-refractivity contribution >= 4 is 11.3 Å². The molecule has 0 aliphatic rings. The van der Waals surface area contributed by atoms with Crippen molar-refractivity contribution < 1.29 is 0 Å². The Balaban J connectivity index is 2.62. The lowest BCUT2D eigenvalue weighted by Crippen LogP contribution is -2.15. The van der Waals surface area contributed by atoms with Gasteiger partial charge in [0.05, 0.1) is 0 Å². The van der Waals surface area contributed by atoms with Crippen LogP contribution in [0.4, 0.5) is 0 Å². The van der Waals surface area contributed by atoms with Gasteiger partial charge in [-0.25, -0.2) is 14.9 Å². The van der Waals surface area contributed by atoms with Crippen LogP contribution in [-0.4, -0.2) is 25.2 Å². The van der Waals surface area contributed by atoms with Gasteiger partial charge in [-0.3, -0.25) is 0 Å². The van der Waals surface area contributed by atoms with Crippen LogP contribution in [0, 0.1) is 0 Å². The molecule has 7 heteroatoms. The van der Waals surface area contributed by atoms with E-state index in [1.165, 1.54) is 11.3 Å². The molecular weight excluding hydrogens is 166 g/mol. The Morgan fingerprint density at radius 3 is 3.09 bits per heavy atom. The quantitative estimate of drug-likeness (QED) is 0.619. The van der Waals surface area contributed by atoms with Crippen LogP contribution in [0.3, 0.4) is 0 Å². The van der Waals surface area contributed by atoms with Gasteiger partial charge in [0.2, 0.25) is 5.13 Å². The Bertz CT molecular complexity index is 387. The zero-order valence-corrected chi connectivity index (χ0v) is 6.08. The van der Waals surface area contributed by atoms with Gasteiger partial charge in [0, 0.05) is 11.6 Å². The summed E-state index contributed by atoms with van der Waals surface area (Å²) >= 11 is 1.32. The zero-order chi connectivity index (χ0) is 7.68. The number of rotatable bonds is 1. The van der Waals surface area contributed by atoms with E-state index in [-0.39, 0.29) is 5.69 Å². The fraction of sp³-hybridized carbons (Fsp3) is 0. The molecule has 0 atom stereocenters. The first kappa shape index (κ1) is 6.23. The summed E-state index contributed by atoms with van der Waals surface area (Å²) in [6, 6.07) is 0. The molecule has 0 saturated carbocycles. The van der Waals surface area contributed by atoms with Crippen LogP contribution in [-0.2, 0) is 0 Å². The van der Waals surface area contributed by atoms with E-state index in [1.54, 1.807) is 11.6 Å². The minimum absolute atomic E-state index is 0.375. The standard InChI is InChI=1S/C4H3N5OS/c10-3-6-7-8-9(3)4-5-1-2-11-4/h1-2H,(H,6,8,10). The highest BCUT2D eigenvalue weighted by Crippen LogP contribution is 2.04. The van der Waals surface area contributed by atoms with Gasteiger partial charge in [0.25, 0.3) is 0 Å². The molecule has 0 spiro atoms. The number of nitrogens with one attached hydrogen (secondary N) is 1. The lowest BCUT2D eigenvalue weighted by atomic mass is 11.0. The minimum Gasteiger partial charge on any atom is -0.244 e. The Morgan fingerprint density at radius 2 is 2.55 bits per heavy atom. The third-order valence-corrected chi connectivity index (χ3v) is 1.82. The predicted octanol–water partition coefficient (Wildman–Crippen LogP) is -0.588. The van der Waals surface area contributed by atoms with Crippen molar-refractivity contribution in [2.24, 2.45) is 0 Å². The molecule has 0 amide bonds. The summed E-state index contributed by atoms with van der Waals surface area (Å²) in [5.74, 6) is 0. The number of thiazole rings is 1. The highest BCUT2D eigenvalue weighted by atomic mass is 32.1. The second-order valence-electron chi connectivity index (χ2n) is 1.73. The van der Waals surface area contributed by atoms with Crippen LogP contribution in [0.25, 0.3) is 5.13 Å². The van der Waals surface area contributed by atoms with E-state index in [1.807, 2.05) is 0 Å². The lowest BCUT2D eigenvalue weighted by Gasteiger charge is -1.85. The van der Waals surface area contributed by atoms with Gasteiger partial charge < -0.3 is 0 Å². The SMILES string of the molecule is O=c1[nH]nnn1-c1nccs1. The Hall–Kier alpha value is -1.50. The molecule has 2 rings (SSSR count). The Kier molecular flexibility index (Phi) is 1.29. The summed E-state index contributed by atoms with van der Waals surface area (Å²) in [7, 11) is 0. The summed E-state index contributed by atoms with van der Waals surface area (Å²) in [6.45, 7) is 0. The largest absolute Gasteiger partial charge is 0.367 e. The minimum atomic E-state index is -0.375. The van der Waals surface area contributed by atoms with Crippen molar-refractivity contribution in [1.82, 2.24) is 25.2 Å².